The fourth-order valence-corrected chi connectivity index (χ4v) is 2.01. The number of fused-ring (bicyclic) bond motifs is 1. The first-order valence-corrected chi connectivity index (χ1v) is 6.60. The summed E-state index contributed by atoms with van der Waals surface area (Å²) >= 11 is 0. The van der Waals surface area contributed by atoms with Crippen LogP contribution in [0.4, 0.5) is 4.39 Å². The molecule has 2 aromatic rings. The van der Waals surface area contributed by atoms with Crippen molar-refractivity contribution in [1.29, 1.82) is 0 Å². The zero-order chi connectivity index (χ0) is 15.4. The maximum Gasteiger partial charge on any atom is 0.326 e. The second-order valence-corrected chi connectivity index (χ2v) is 4.71. The van der Waals surface area contributed by atoms with Gasteiger partial charge in [0, 0.05) is 11.6 Å². The van der Waals surface area contributed by atoms with E-state index in [-0.39, 0.29) is 5.56 Å². The number of pyridine rings is 1. The van der Waals surface area contributed by atoms with Crippen molar-refractivity contribution in [3.8, 4) is 0 Å². The molecule has 0 saturated heterocycles. The van der Waals surface area contributed by atoms with Crippen molar-refractivity contribution in [1.82, 2.24) is 10.3 Å². The highest BCUT2D eigenvalue weighted by Gasteiger charge is 2.19. The average Bonchev–Trinajstić information content (AvgIpc) is 2.45. The van der Waals surface area contributed by atoms with E-state index in [2.05, 4.69) is 10.3 Å². The van der Waals surface area contributed by atoms with Crippen LogP contribution in [-0.2, 0) is 4.79 Å². The minimum absolute atomic E-state index is 0.204. The Morgan fingerprint density at radius 2 is 2.14 bits per heavy atom. The number of halogens is 1. The van der Waals surface area contributed by atoms with Crippen molar-refractivity contribution >= 4 is 22.8 Å². The molecule has 1 amide bonds. The second-order valence-electron chi connectivity index (χ2n) is 4.71. The summed E-state index contributed by atoms with van der Waals surface area (Å²) in [6.07, 6.45) is 2.33. The van der Waals surface area contributed by atoms with E-state index < -0.39 is 23.7 Å². The van der Waals surface area contributed by atoms with Crippen molar-refractivity contribution in [3.05, 3.63) is 41.8 Å². The fraction of sp³-hybridized carbons (Fsp3) is 0.267. The lowest BCUT2D eigenvalue weighted by molar-refractivity contribution is -0.139. The van der Waals surface area contributed by atoms with Gasteiger partial charge in [-0.25, -0.2) is 9.18 Å². The molecule has 2 N–H and O–H groups in total. The van der Waals surface area contributed by atoms with E-state index in [1.54, 1.807) is 0 Å². The van der Waals surface area contributed by atoms with Gasteiger partial charge in [0.2, 0.25) is 0 Å². The van der Waals surface area contributed by atoms with Crippen molar-refractivity contribution in [2.45, 2.75) is 25.8 Å². The first-order chi connectivity index (χ1) is 10.0. The van der Waals surface area contributed by atoms with Crippen LogP contribution in [-0.4, -0.2) is 28.0 Å². The van der Waals surface area contributed by atoms with Gasteiger partial charge in [0.1, 0.15) is 11.9 Å². The Labute approximate surface area is 120 Å². The van der Waals surface area contributed by atoms with E-state index in [1.165, 1.54) is 30.5 Å². The van der Waals surface area contributed by atoms with E-state index in [1.807, 2.05) is 6.92 Å². The molecule has 0 aliphatic heterocycles. The Kier molecular flexibility index (Phi) is 4.47. The monoisotopic (exact) mass is 290 g/mol. The Bertz CT molecular complexity index is 688. The van der Waals surface area contributed by atoms with Crippen LogP contribution in [0.25, 0.3) is 10.9 Å². The molecular weight excluding hydrogens is 275 g/mol. The smallest absolute Gasteiger partial charge is 0.326 e. The molecule has 0 spiro atoms. The maximum absolute atomic E-state index is 13.2. The number of aliphatic carboxylic acids is 1. The molecule has 1 atom stereocenters. The molecule has 2 rings (SSSR count). The quantitative estimate of drug-likeness (QED) is 0.886. The standard InChI is InChI=1S/C15H15FN2O3/c1-2-3-13(15(20)21)18-14(19)10-6-9-7-11(16)4-5-12(9)17-8-10/h4-8,13H,2-3H2,1H3,(H,18,19)(H,20,21). The third-order valence-electron chi connectivity index (χ3n) is 3.09. The molecule has 1 unspecified atom stereocenters. The lowest BCUT2D eigenvalue weighted by atomic mass is 10.1. The van der Waals surface area contributed by atoms with Crippen LogP contribution in [0.2, 0.25) is 0 Å². The largest absolute Gasteiger partial charge is 0.480 e. The summed E-state index contributed by atoms with van der Waals surface area (Å²) in [4.78, 5) is 27.2. The molecule has 0 aliphatic rings. The first-order valence-electron chi connectivity index (χ1n) is 6.60. The lowest BCUT2D eigenvalue weighted by Gasteiger charge is -2.13. The van der Waals surface area contributed by atoms with Gasteiger partial charge in [0.15, 0.2) is 0 Å². The normalized spacial score (nSPS) is 12.1. The van der Waals surface area contributed by atoms with Gasteiger partial charge < -0.3 is 10.4 Å². The van der Waals surface area contributed by atoms with Crippen molar-refractivity contribution in [2.75, 3.05) is 0 Å². The van der Waals surface area contributed by atoms with Crippen molar-refractivity contribution < 1.29 is 19.1 Å². The van der Waals surface area contributed by atoms with Crippen LogP contribution in [0.1, 0.15) is 30.1 Å². The number of benzene rings is 1. The average molecular weight is 290 g/mol. The number of hydrogen-bond donors (Lipinski definition) is 2. The number of hydrogen-bond acceptors (Lipinski definition) is 3. The highest BCUT2D eigenvalue weighted by atomic mass is 19.1. The topological polar surface area (TPSA) is 79.3 Å². The van der Waals surface area contributed by atoms with Crippen LogP contribution in [0, 0.1) is 5.82 Å². The van der Waals surface area contributed by atoms with E-state index in [0.717, 1.165) is 0 Å². The third kappa shape index (κ3) is 3.53. The zero-order valence-corrected chi connectivity index (χ0v) is 11.5. The summed E-state index contributed by atoms with van der Waals surface area (Å²) in [5.41, 5.74) is 0.770. The van der Waals surface area contributed by atoms with E-state index in [0.29, 0.717) is 23.7 Å². The summed E-state index contributed by atoms with van der Waals surface area (Å²) in [5, 5.41) is 12.0. The Morgan fingerprint density at radius 3 is 2.81 bits per heavy atom. The third-order valence-corrected chi connectivity index (χ3v) is 3.09. The van der Waals surface area contributed by atoms with Crippen LogP contribution in [0.3, 0.4) is 0 Å². The molecule has 0 bridgehead atoms. The van der Waals surface area contributed by atoms with Gasteiger partial charge in [-0.1, -0.05) is 13.3 Å². The number of rotatable bonds is 5. The molecule has 1 aromatic carbocycles. The molecule has 1 heterocycles. The van der Waals surface area contributed by atoms with Gasteiger partial charge in [-0.3, -0.25) is 9.78 Å². The Balaban J connectivity index is 2.24. The number of carbonyl (C=O) groups is 2. The molecule has 6 heteroatoms. The maximum atomic E-state index is 13.2. The lowest BCUT2D eigenvalue weighted by Crippen LogP contribution is -2.40. The summed E-state index contributed by atoms with van der Waals surface area (Å²) in [6.45, 7) is 1.84. The van der Waals surface area contributed by atoms with Crippen LogP contribution in [0.5, 0.6) is 0 Å². The first kappa shape index (κ1) is 14.9. The SMILES string of the molecule is CCCC(NC(=O)c1cnc2ccc(F)cc2c1)C(=O)O. The van der Waals surface area contributed by atoms with Gasteiger partial charge in [0.05, 0.1) is 11.1 Å². The Morgan fingerprint density at radius 1 is 1.38 bits per heavy atom. The minimum Gasteiger partial charge on any atom is -0.480 e. The minimum atomic E-state index is -1.08. The summed E-state index contributed by atoms with van der Waals surface area (Å²) in [7, 11) is 0. The van der Waals surface area contributed by atoms with Gasteiger partial charge in [-0.2, -0.15) is 0 Å². The van der Waals surface area contributed by atoms with E-state index in [9.17, 15) is 14.0 Å². The predicted octanol–water partition coefficient (Wildman–Crippen LogP) is 2.36. The van der Waals surface area contributed by atoms with Crippen molar-refractivity contribution in [2.24, 2.45) is 0 Å². The van der Waals surface area contributed by atoms with E-state index >= 15 is 0 Å². The molecule has 110 valence electrons. The number of aromatic nitrogens is 1. The van der Waals surface area contributed by atoms with Gasteiger partial charge in [0.25, 0.3) is 5.91 Å². The van der Waals surface area contributed by atoms with Gasteiger partial charge in [-0.15, -0.1) is 0 Å². The number of carboxylic acids is 1. The molecule has 0 saturated carbocycles. The highest BCUT2D eigenvalue weighted by Crippen LogP contribution is 2.15. The molecule has 0 radical (unpaired) electrons. The highest BCUT2D eigenvalue weighted by molar-refractivity contribution is 5.99. The van der Waals surface area contributed by atoms with Gasteiger partial charge in [-0.05, 0) is 30.7 Å². The molecule has 21 heavy (non-hydrogen) atoms. The van der Waals surface area contributed by atoms with Crippen LogP contribution >= 0.6 is 0 Å². The number of nitrogens with zero attached hydrogens (tertiary/aromatic N) is 1. The molecule has 0 aliphatic carbocycles. The summed E-state index contributed by atoms with van der Waals surface area (Å²) in [6, 6.07) is 4.64. The van der Waals surface area contributed by atoms with Crippen molar-refractivity contribution in [3.63, 3.8) is 0 Å². The number of nitrogens with one attached hydrogen (secondary N) is 1. The predicted molar refractivity (Wildman–Crippen MR) is 75.5 cm³/mol. The van der Waals surface area contributed by atoms with Crippen LogP contribution in [0.15, 0.2) is 30.5 Å². The van der Waals surface area contributed by atoms with Gasteiger partial charge >= 0.3 is 5.97 Å². The molecule has 0 fully saturated rings. The number of carbonyl (C=O) groups excluding carboxylic acids is 1. The summed E-state index contributed by atoms with van der Waals surface area (Å²) < 4.78 is 13.2. The van der Waals surface area contributed by atoms with E-state index in [4.69, 9.17) is 5.11 Å². The fourth-order valence-electron chi connectivity index (χ4n) is 2.01. The van der Waals surface area contributed by atoms with Crippen LogP contribution < -0.4 is 5.32 Å². The summed E-state index contributed by atoms with van der Waals surface area (Å²) in [5.74, 6) is -2.03. The molecular formula is C15H15FN2O3. The molecule has 5 nitrogen and oxygen atoms in total. The number of amides is 1. The zero-order valence-electron chi connectivity index (χ0n) is 11.5. The Hall–Kier alpha value is -2.50. The number of carboxylic acid groups (broad SMARTS) is 1. The molecule has 1 aromatic heterocycles. The second kappa shape index (κ2) is 6.30.